The van der Waals surface area contributed by atoms with Crippen molar-refractivity contribution in [2.45, 2.75) is 32.4 Å². The topological polar surface area (TPSA) is 51.9 Å². The van der Waals surface area contributed by atoms with Gasteiger partial charge in [0.25, 0.3) is 0 Å². The van der Waals surface area contributed by atoms with Gasteiger partial charge in [-0.3, -0.25) is 9.13 Å². The summed E-state index contributed by atoms with van der Waals surface area (Å²) in [6.07, 6.45) is 7.77. The monoisotopic (exact) mass is 258 g/mol. The van der Waals surface area contributed by atoms with Gasteiger partial charge in [0.1, 0.15) is 5.82 Å². The van der Waals surface area contributed by atoms with Crippen molar-refractivity contribution in [3.8, 4) is 0 Å². The van der Waals surface area contributed by atoms with Crippen LogP contribution in [0.5, 0.6) is 0 Å². The van der Waals surface area contributed by atoms with E-state index < -0.39 is 0 Å². The number of rotatable bonds is 5. The van der Waals surface area contributed by atoms with Crippen LogP contribution >= 0.6 is 0 Å². The summed E-state index contributed by atoms with van der Waals surface area (Å²) in [6.45, 7) is 3.42. The summed E-state index contributed by atoms with van der Waals surface area (Å²) >= 11 is 0. The Morgan fingerprint density at radius 1 is 1.42 bits per heavy atom. The van der Waals surface area contributed by atoms with Crippen molar-refractivity contribution in [1.29, 1.82) is 0 Å². The quantitative estimate of drug-likeness (QED) is 0.890. The van der Waals surface area contributed by atoms with Crippen LogP contribution in [0.3, 0.4) is 0 Å². The second-order valence-electron chi connectivity index (χ2n) is 4.89. The summed E-state index contributed by atoms with van der Waals surface area (Å²) in [5.74, 6) is 0.857. The highest BCUT2D eigenvalue weighted by Gasteiger charge is 2.25. The zero-order chi connectivity index (χ0) is 13.2. The minimum atomic E-state index is 0.0776. The van der Waals surface area contributed by atoms with Crippen LogP contribution in [0.4, 0.5) is 5.82 Å². The standard InChI is InChI=1S/C14H18N4O/c1-2-15-13-11(4-3-7-16-13)10-17-8-9-18(14(17)19)12-5-6-12/h3-4,7-9,12H,2,5-6,10H2,1H3,(H,15,16). The van der Waals surface area contributed by atoms with Gasteiger partial charge >= 0.3 is 5.69 Å². The van der Waals surface area contributed by atoms with Crippen molar-refractivity contribution in [2.24, 2.45) is 0 Å². The van der Waals surface area contributed by atoms with E-state index in [1.807, 2.05) is 36.0 Å². The van der Waals surface area contributed by atoms with E-state index in [4.69, 9.17) is 0 Å². The molecule has 0 aromatic carbocycles. The molecule has 1 aliphatic carbocycles. The molecule has 1 fully saturated rings. The van der Waals surface area contributed by atoms with Crippen molar-refractivity contribution in [1.82, 2.24) is 14.1 Å². The van der Waals surface area contributed by atoms with E-state index >= 15 is 0 Å². The highest BCUT2D eigenvalue weighted by molar-refractivity contribution is 5.43. The summed E-state index contributed by atoms with van der Waals surface area (Å²) in [5.41, 5.74) is 1.12. The number of aromatic nitrogens is 3. The zero-order valence-electron chi connectivity index (χ0n) is 11.0. The lowest BCUT2D eigenvalue weighted by atomic mass is 10.2. The summed E-state index contributed by atoms with van der Waals surface area (Å²) in [5, 5.41) is 3.22. The molecule has 1 N–H and O–H groups in total. The molecule has 0 unspecified atom stereocenters. The molecule has 2 heterocycles. The molecule has 100 valence electrons. The maximum atomic E-state index is 12.2. The Morgan fingerprint density at radius 2 is 2.26 bits per heavy atom. The molecule has 2 aromatic rings. The molecule has 2 aromatic heterocycles. The molecule has 1 saturated carbocycles. The van der Waals surface area contributed by atoms with Crippen molar-refractivity contribution in [3.05, 3.63) is 46.8 Å². The Hall–Kier alpha value is -2.04. The van der Waals surface area contributed by atoms with E-state index in [1.165, 1.54) is 0 Å². The third kappa shape index (κ3) is 2.41. The van der Waals surface area contributed by atoms with Gasteiger partial charge in [0, 0.05) is 36.7 Å². The first-order chi connectivity index (χ1) is 9.29. The number of hydrogen-bond donors (Lipinski definition) is 1. The molecule has 0 bridgehead atoms. The van der Waals surface area contributed by atoms with Gasteiger partial charge in [0.15, 0.2) is 0 Å². The molecule has 0 radical (unpaired) electrons. The van der Waals surface area contributed by atoms with Gasteiger partial charge in [-0.15, -0.1) is 0 Å². The molecule has 5 heteroatoms. The first-order valence-corrected chi connectivity index (χ1v) is 6.74. The molecule has 19 heavy (non-hydrogen) atoms. The molecule has 0 spiro atoms. The summed E-state index contributed by atoms with van der Waals surface area (Å²) in [7, 11) is 0. The molecule has 0 atom stereocenters. The van der Waals surface area contributed by atoms with Crippen LogP contribution in [0.15, 0.2) is 35.5 Å². The predicted molar refractivity (Wildman–Crippen MR) is 74.5 cm³/mol. The van der Waals surface area contributed by atoms with Gasteiger partial charge in [-0.1, -0.05) is 6.07 Å². The fraction of sp³-hybridized carbons (Fsp3) is 0.429. The summed E-state index contributed by atoms with van der Waals surface area (Å²) in [6, 6.07) is 4.33. The third-order valence-corrected chi connectivity index (χ3v) is 3.39. The summed E-state index contributed by atoms with van der Waals surface area (Å²) < 4.78 is 3.58. The number of pyridine rings is 1. The van der Waals surface area contributed by atoms with Crippen molar-refractivity contribution in [3.63, 3.8) is 0 Å². The van der Waals surface area contributed by atoms with Crippen molar-refractivity contribution >= 4 is 5.82 Å². The number of nitrogens with one attached hydrogen (secondary N) is 1. The lowest BCUT2D eigenvalue weighted by molar-refractivity contribution is 0.656. The predicted octanol–water partition coefficient (Wildman–Crippen LogP) is 1.86. The lowest BCUT2D eigenvalue weighted by Gasteiger charge is -2.09. The lowest BCUT2D eigenvalue weighted by Crippen LogP contribution is -2.24. The van der Waals surface area contributed by atoms with Crippen molar-refractivity contribution in [2.75, 3.05) is 11.9 Å². The SMILES string of the molecule is CCNc1ncccc1Cn1ccn(C2CC2)c1=O. The molecule has 3 rings (SSSR count). The van der Waals surface area contributed by atoms with Crippen LogP contribution in [-0.2, 0) is 6.54 Å². The number of nitrogens with zero attached hydrogens (tertiary/aromatic N) is 3. The van der Waals surface area contributed by atoms with Crippen LogP contribution in [0, 0.1) is 0 Å². The highest BCUT2D eigenvalue weighted by atomic mass is 16.1. The highest BCUT2D eigenvalue weighted by Crippen LogP contribution is 2.33. The molecular formula is C14H18N4O. The molecule has 0 amide bonds. The summed E-state index contributed by atoms with van der Waals surface area (Å²) in [4.78, 5) is 16.5. The number of hydrogen-bond acceptors (Lipinski definition) is 3. The van der Waals surface area contributed by atoms with Gasteiger partial charge < -0.3 is 5.32 Å². The van der Waals surface area contributed by atoms with Gasteiger partial charge in [0.2, 0.25) is 0 Å². The molecule has 5 nitrogen and oxygen atoms in total. The van der Waals surface area contributed by atoms with Gasteiger partial charge in [-0.25, -0.2) is 9.78 Å². The van der Waals surface area contributed by atoms with E-state index in [2.05, 4.69) is 10.3 Å². The van der Waals surface area contributed by atoms with E-state index in [0.717, 1.165) is 30.8 Å². The Kier molecular flexibility index (Phi) is 3.11. The fourth-order valence-corrected chi connectivity index (χ4v) is 2.26. The largest absolute Gasteiger partial charge is 0.370 e. The first-order valence-electron chi connectivity index (χ1n) is 6.74. The van der Waals surface area contributed by atoms with Crippen LogP contribution < -0.4 is 11.0 Å². The van der Waals surface area contributed by atoms with Gasteiger partial charge in [0.05, 0.1) is 6.54 Å². The van der Waals surface area contributed by atoms with Crippen molar-refractivity contribution < 1.29 is 0 Å². The third-order valence-electron chi connectivity index (χ3n) is 3.39. The zero-order valence-corrected chi connectivity index (χ0v) is 11.0. The molecule has 0 aliphatic heterocycles. The smallest absolute Gasteiger partial charge is 0.328 e. The number of anilines is 1. The van der Waals surface area contributed by atoms with Crippen LogP contribution in [0.2, 0.25) is 0 Å². The minimum Gasteiger partial charge on any atom is -0.370 e. The van der Waals surface area contributed by atoms with E-state index in [9.17, 15) is 4.79 Å². The fourth-order valence-electron chi connectivity index (χ4n) is 2.26. The Labute approximate surface area is 111 Å². The van der Waals surface area contributed by atoms with Crippen LogP contribution in [0.25, 0.3) is 0 Å². The van der Waals surface area contributed by atoms with Crippen LogP contribution in [0.1, 0.15) is 31.4 Å². The second-order valence-corrected chi connectivity index (χ2v) is 4.89. The number of imidazole rings is 1. The maximum absolute atomic E-state index is 12.2. The van der Waals surface area contributed by atoms with Crippen LogP contribution in [-0.4, -0.2) is 20.7 Å². The molecular weight excluding hydrogens is 240 g/mol. The van der Waals surface area contributed by atoms with E-state index in [-0.39, 0.29) is 5.69 Å². The average molecular weight is 258 g/mol. The Balaban J connectivity index is 1.87. The molecule has 0 saturated heterocycles. The van der Waals surface area contributed by atoms with E-state index in [1.54, 1.807) is 10.8 Å². The first kappa shape index (κ1) is 12.0. The Bertz CT molecular complexity index is 624. The minimum absolute atomic E-state index is 0.0776. The van der Waals surface area contributed by atoms with Gasteiger partial charge in [-0.05, 0) is 25.8 Å². The normalized spacial score (nSPS) is 14.6. The Morgan fingerprint density at radius 3 is 3.00 bits per heavy atom. The maximum Gasteiger partial charge on any atom is 0.328 e. The second kappa shape index (κ2) is 4.91. The van der Waals surface area contributed by atoms with Gasteiger partial charge in [-0.2, -0.15) is 0 Å². The average Bonchev–Trinajstić information content (AvgIpc) is 3.19. The van der Waals surface area contributed by atoms with E-state index in [0.29, 0.717) is 12.6 Å². The molecule has 1 aliphatic rings.